The number of benzene rings is 2. The second kappa shape index (κ2) is 6.63. The fraction of sp³-hybridized carbons (Fsp3) is 0.0588. The second-order valence-electron chi connectivity index (χ2n) is 5.34. The van der Waals surface area contributed by atoms with E-state index in [1.54, 1.807) is 0 Å². The average molecular weight is 381 g/mol. The molecule has 3 rings (SSSR count). The fourth-order valence-corrected chi connectivity index (χ4v) is 2.43. The molecular weight excluding hydrogens is 370 g/mol. The maximum atomic E-state index is 14.0. The van der Waals surface area contributed by atoms with Crippen molar-refractivity contribution in [1.82, 2.24) is 4.98 Å². The summed E-state index contributed by atoms with van der Waals surface area (Å²) in [5.41, 5.74) is 9.09. The number of ether oxygens (including phenoxy) is 2. The number of amides is 1. The van der Waals surface area contributed by atoms with Crippen LogP contribution in [0.5, 0.6) is 17.2 Å². The lowest BCUT2D eigenvalue weighted by Gasteiger charge is -2.13. The quantitative estimate of drug-likeness (QED) is 0.410. The molecular formula is C17H11F4N3O3. The van der Waals surface area contributed by atoms with Gasteiger partial charge in [0.2, 0.25) is 17.4 Å². The van der Waals surface area contributed by atoms with Crippen molar-refractivity contribution in [3.63, 3.8) is 0 Å². The smallest absolute Gasteiger partial charge is 0.252 e. The van der Waals surface area contributed by atoms with Crippen LogP contribution in [0.3, 0.4) is 0 Å². The van der Waals surface area contributed by atoms with Gasteiger partial charge < -0.3 is 20.9 Å². The summed E-state index contributed by atoms with van der Waals surface area (Å²) >= 11 is 0. The van der Waals surface area contributed by atoms with Crippen LogP contribution in [0, 0.1) is 23.3 Å². The van der Waals surface area contributed by atoms with Gasteiger partial charge in [-0.25, -0.2) is 8.78 Å². The monoisotopic (exact) mass is 381 g/mol. The first-order valence-corrected chi connectivity index (χ1v) is 7.32. The number of fused-ring (bicyclic) bond motifs is 1. The van der Waals surface area contributed by atoms with Gasteiger partial charge in [-0.2, -0.15) is 8.78 Å². The third-order valence-corrected chi connectivity index (χ3v) is 3.76. The number of nitrogens with two attached hydrogens (primary N) is 2. The molecule has 27 heavy (non-hydrogen) atoms. The summed E-state index contributed by atoms with van der Waals surface area (Å²) in [4.78, 5) is 15.6. The molecule has 1 amide bonds. The van der Waals surface area contributed by atoms with E-state index in [1.807, 2.05) is 0 Å². The van der Waals surface area contributed by atoms with Crippen molar-refractivity contribution >= 4 is 22.5 Å². The standard InChI is InChI=1S/C17H11F4N3O3/c1-26-10-5-8-6(4-7(10)17(23)25)9(2-3-24-8)27-16-13(20)11(18)15(22)12(19)14(16)21/h2-5H,22H2,1H3,(H2,23,25). The zero-order valence-corrected chi connectivity index (χ0v) is 13.6. The minimum atomic E-state index is -1.81. The van der Waals surface area contributed by atoms with Crippen molar-refractivity contribution in [3.05, 3.63) is 53.2 Å². The number of pyridine rings is 1. The van der Waals surface area contributed by atoms with Crippen molar-refractivity contribution in [1.29, 1.82) is 0 Å². The minimum absolute atomic E-state index is 0.0570. The predicted molar refractivity (Wildman–Crippen MR) is 87.6 cm³/mol. The molecule has 0 atom stereocenters. The first kappa shape index (κ1) is 18.2. The minimum Gasteiger partial charge on any atom is -0.496 e. The van der Waals surface area contributed by atoms with Gasteiger partial charge in [-0.05, 0) is 12.1 Å². The van der Waals surface area contributed by atoms with Crippen LogP contribution in [0.15, 0.2) is 24.4 Å². The van der Waals surface area contributed by atoms with E-state index >= 15 is 0 Å². The Morgan fingerprint density at radius 3 is 2.22 bits per heavy atom. The topological polar surface area (TPSA) is 100 Å². The second-order valence-corrected chi connectivity index (χ2v) is 5.34. The van der Waals surface area contributed by atoms with Gasteiger partial charge in [-0.15, -0.1) is 0 Å². The normalized spacial score (nSPS) is 10.9. The Bertz CT molecular complexity index is 1060. The Balaban J connectivity index is 2.22. The lowest BCUT2D eigenvalue weighted by atomic mass is 10.1. The molecule has 0 bridgehead atoms. The number of methoxy groups -OCH3 is 1. The van der Waals surface area contributed by atoms with Crippen LogP contribution in [0.4, 0.5) is 23.2 Å². The van der Waals surface area contributed by atoms with Gasteiger partial charge in [0.05, 0.1) is 18.2 Å². The molecule has 0 saturated heterocycles. The predicted octanol–water partition coefficient (Wildman–Crippen LogP) is 3.27. The number of nitrogens with zero attached hydrogens (tertiary/aromatic N) is 1. The van der Waals surface area contributed by atoms with Gasteiger partial charge in [-0.1, -0.05) is 0 Å². The van der Waals surface area contributed by atoms with Gasteiger partial charge >= 0.3 is 0 Å². The molecule has 3 aromatic rings. The number of hydrogen-bond acceptors (Lipinski definition) is 5. The molecule has 1 heterocycles. The van der Waals surface area contributed by atoms with Crippen LogP contribution < -0.4 is 20.9 Å². The maximum Gasteiger partial charge on any atom is 0.252 e. The first-order chi connectivity index (χ1) is 12.8. The van der Waals surface area contributed by atoms with E-state index in [4.69, 9.17) is 20.9 Å². The van der Waals surface area contributed by atoms with Gasteiger partial charge in [0.1, 0.15) is 17.2 Å². The van der Waals surface area contributed by atoms with Crippen molar-refractivity contribution in [3.8, 4) is 17.2 Å². The molecule has 0 fully saturated rings. The molecule has 0 unspecified atom stereocenters. The number of aromatic nitrogens is 1. The van der Waals surface area contributed by atoms with Crippen molar-refractivity contribution in [2.24, 2.45) is 5.73 Å². The van der Waals surface area contributed by atoms with E-state index in [9.17, 15) is 22.4 Å². The molecule has 0 aliphatic rings. The Morgan fingerprint density at radius 2 is 1.67 bits per heavy atom. The zero-order valence-electron chi connectivity index (χ0n) is 13.6. The van der Waals surface area contributed by atoms with E-state index in [-0.39, 0.29) is 28.0 Å². The van der Waals surface area contributed by atoms with Crippen LogP contribution in [-0.4, -0.2) is 18.0 Å². The van der Waals surface area contributed by atoms with Crippen molar-refractivity contribution in [2.75, 3.05) is 12.8 Å². The summed E-state index contributed by atoms with van der Waals surface area (Å²) in [5.74, 6) is -9.48. The highest BCUT2D eigenvalue weighted by molar-refractivity contribution is 6.01. The highest BCUT2D eigenvalue weighted by Crippen LogP contribution is 2.37. The molecule has 1 aromatic heterocycles. The molecule has 2 aromatic carbocycles. The number of primary amides is 1. The third-order valence-electron chi connectivity index (χ3n) is 3.76. The van der Waals surface area contributed by atoms with Gasteiger partial charge in [0, 0.05) is 17.6 Å². The van der Waals surface area contributed by atoms with E-state index in [1.165, 1.54) is 31.5 Å². The van der Waals surface area contributed by atoms with E-state index < -0.39 is 40.6 Å². The number of halogens is 4. The maximum absolute atomic E-state index is 14.0. The van der Waals surface area contributed by atoms with Gasteiger partial charge in [-0.3, -0.25) is 9.78 Å². The molecule has 0 saturated carbocycles. The lowest BCUT2D eigenvalue weighted by molar-refractivity contribution is 0.0997. The number of carbonyl (C=O) groups excluding carboxylic acids is 1. The summed E-state index contributed by atoms with van der Waals surface area (Å²) in [6, 6.07) is 3.75. The third kappa shape index (κ3) is 2.94. The van der Waals surface area contributed by atoms with E-state index in [2.05, 4.69) is 4.98 Å². The van der Waals surface area contributed by atoms with E-state index in [0.29, 0.717) is 0 Å². The SMILES string of the molecule is COc1cc2nccc(Oc3c(F)c(F)c(N)c(F)c3F)c2cc1C(N)=O. The number of hydrogen-bond donors (Lipinski definition) is 2. The van der Waals surface area contributed by atoms with Crippen LogP contribution in [0.2, 0.25) is 0 Å². The summed E-state index contributed by atoms with van der Waals surface area (Å²) in [6.07, 6.45) is 1.22. The number of nitrogen functional groups attached to an aromatic ring is 1. The Morgan fingerprint density at radius 1 is 1.04 bits per heavy atom. The highest BCUT2D eigenvalue weighted by Gasteiger charge is 2.26. The molecule has 6 nitrogen and oxygen atoms in total. The van der Waals surface area contributed by atoms with Crippen LogP contribution in [0.25, 0.3) is 10.9 Å². The number of anilines is 1. The van der Waals surface area contributed by atoms with Crippen LogP contribution in [0.1, 0.15) is 10.4 Å². The molecule has 0 radical (unpaired) electrons. The molecule has 4 N–H and O–H groups in total. The van der Waals surface area contributed by atoms with Gasteiger partial charge in [0.15, 0.2) is 11.6 Å². The fourth-order valence-electron chi connectivity index (χ4n) is 2.43. The summed E-state index contributed by atoms with van der Waals surface area (Å²) < 4.78 is 65.4. The van der Waals surface area contributed by atoms with Crippen LogP contribution in [-0.2, 0) is 0 Å². The van der Waals surface area contributed by atoms with Gasteiger partial charge in [0.25, 0.3) is 5.91 Å². The molecule has 0 aliphatic heterocycles. The Kier molecular flexibility index (Phi) is 4.48. The lowest BCUT2D eigenvalue weighted by Crippen LogP contribution is -2.12. The average Bonchev–Trinajstić information content (AvgIpc) is 2.67. The van der Waals surface area contributed by atoms with E-state index in [0.717, 1.165) is 0 Å². The first-order valence-electron chi connectivity index (χ1n) is 7.32. The molecule has 10 heteroatoms. The number of rotatable bonds is 4. The molecule has 0 aliphatic carbocycles. The van der Waals surface area contributed by atoms with Crippen molar-refractivity contribution in [2.45, 2.75) is 0 Å². The zero-order chi connectivity index (χ0) is 19.9. The highest BCUT2D eigenvalue weighted by atomic mass is 19.2. The van der Waals surface area contributed by atoms with Crippen molar-refractivity contribution < 1.29 is 31.8 Å². The summed E-state index contributed by atoms with van der Waals surface area (Å²) in [6.45, 7) is 0. The summed E-state index contributed by atoms with van der Waals surface area (Å²) in [5, 5.41) is 0.101. The molecule has 0 spiro atoms. The van der Waals surface area contributed by atoms with Crippen LogP contribution >= 0.6 is 0 Å². The largest absolute Gasteiger partial charge is 0.496 e. The Labute approximate surface area is 149 Å². The number of carbonyl (C=O) groups is 1. The summed E-state index contributed by atoms with van der Waals surface area (Å²) in [7, 11) is 1.30. The Hall–Kier alpha value is -3.56. The molecule has 140 valence electrons.